The quantitative estimate of drug-likeness (QED) is 0.585. The lowest BCUT2D eigenvalue weighted by Gasteiger charge is -1.88. The maximum atomic E-state index is 10.6. The maximum absolute atomic E-state index is 10.6. The minimum Gasteiger partial charge on any atom is -0.267 e. The minimum absolute atomic E-state index is 0.102. The van der Waals surface area contributed by atoms with Crippen molar-refractivity contribution in [2.45, 2.75) is 10.8 Å². The van der Waals surface area contributed by atoms with Crippen molar-refractivity contribution >= 4 is 22.6 Å². The Morgan fingerprint density at radius 3 is 2.78 bits per heavy atom. The molecule has 1 atom stereocenters. The number of nitrogens with one attached hydrogen (secondary N) is 1. The molecule has 0 fully saturated rings. The van der Waals surface area contributed by atoms with Gasteiger partial charge in [0.15, 0.2) is 5.69 Å². The van der Waals surface area contributed by atoms with Gasteiger partial charge in [-0.1, -0.05) is 27.7 Å². The summed E-state index contributed by atoms with van der Waals surface area (Å²) in [5, 5.41) is 5.57. The predicted octanol–water partition coefficient (Wildman–Crippen LogP) is 0.859. The van der Waals surface area contributed by atoms with Crippen LogP contribution in [0.1, 0.15) is 16.5 Å². The monoisotopic (exact) mass is 240 g/mol. The van der Waals surface area contributed by atoms with Crippen molar-refractivity contribution in [1.82, 2.24) is 10.3 Å². The Morgan fingerprint density at radius 1 is 1.89 bits per heavy atom. The number of nitrogens with zero attached hydrogens (tertiary/aromatic N) is 1. The van der Waals surface area contributed by atoms with E-state index in [0.29, 0.717) is 5.69 Å². The lowest BCUT2D eigenvalue weighted by Crippen LogP contribution is -2.05. The van der Waals surface area contributed by atoms with E-state index in [1.165, 1.54) is 0 Å². The van der Waals surface area contributed by atoms with Crippen molar-refractivity contribution in [2.75, 3.05) is 0 Å². The third kappa shape index (κ3) is 1.32. The summed E-state index contributed by atoms with van der Waals surface area (Å²) in [6.45, 7) is 1.87. The van der Waals surface area contributed by atoms with E-state index < -0.39 is 0 Å². The Hall–Kier alpha value is -0.330. The van der Waals surface area contributed by atoms with Gasteiger partial charge in [0.25, 0.3) is 0 Å². The summed E-state index contributed by atoms with van der Waals surface area (Å²) in [6.07, 6.45) is 0. The van der Waals surface area contributed by atoms with Crippen LogP contribution in [0.3, 0.4) is 0 Å². The van der Waals surface area contributed by atoms with Crippen molar-refractivity contribution in [3.63, 3.8) is 0 Å². The van der Waals surface area contributed by atoms with E-state index in [9.17, 15) is 4.79 Å². The van der Waals surface area contributed by atoms with Gasteiger partial charge in [0.1, 0.15) is 0 Å². The van der Waals surface area contributed by atoms with Crippen LogP contribution in [0.2, 0.25) is 0 Å². The molecule has 0 aromatic carbocycles. The van der Waals surface area contributed by atoms with Crippen molar-refractivity contribution in [3.8, 4) is 0 Å². The van der Waals surface area contributed by atoms with Gasteiger partial charge in [0.05, 0.1) is 3.92 Å². The van der Waals surface area contributed by atoms with Crippen LogP contribution in [0.15, 0.2) is 9.42 Å². The molecule has 9 heavy (non-hydrogen) atoms. The zero-order valence-electron chi connectivity index (χ0n) is 4.72. The van der Waals surface area contributed by atoms with Crippen molar-refractivity contribution in [2.24, 2.45) is 0 Å². The highest BCUT2D eigenvalue weighted by Crippen LogP contribution is 2.15. The van der Waals surface area contributed by atoms with Crippen LogP contribution >= 0.6 is 22.6 Å². The second kappa shape index (κ2) is 2.51. The number of rotatable bonds is 1. The van der Waals surface area contributed by atoms with Crippen LogP contribution in [-0.4, -0.2) is 10.3 Å². The first-order valence-electron chi connectivity index (χ1n) is 2.40. The van der Waals surface area contributed by atoms with Crippen LogP contribution in [0.5, 0.6) is 0 Å². The van der Waals surface area contributed by atoms with E-state index in [4.69, 9.17) is 0 Å². The number of hydrogen-bond acceptors (Lipinski definition) is 3. The molecule has 0 aliphatic carbocycles. The first kappa shape index (κ1) is 6.79. The lowest BCUT2D eigenvalue weighted by molar-refractivity contribution is 0.301. The summed E-state index contributed by atoms with van der Waals surface area (Å²) < 4.78 is 4.42. The van der Waals surface area contributed by atoms with Gasteiger partial charge in [-0.3, -0.25) is 9.42 Å². The molecule has 1 N–H and O–H groups in total. The zero-order chi connectivity index (χ0) is 6.85. The topological polar surface area (TPSA) is 58.9 Å². The van der Waals surface area contributed by atoms with Gasteiger partial charge < -0.3 is 0 Å². The van der Waals surface area contributed by atoms with Crippen LogP contribution in [-0.2, 0) is 0 Å². The SMILES string of the molecule is CC(I)c1no[nH]c1=O. The summed E-state index contributed by atoms with van der Waals surface area (Å²) in [5.41, 5.74) is 0.201. The molecule has 0 bridgehead atoms. The van der Waals surface area contributed by atoms with E-state index in [0.717, 1.165) is 0 Å². The van der Waals surface area contributed by atoms with Crippen LogP contribution in [0.25, 0.3) is 0 Å². The average Bonchev–Trinajstić information content (AvgIpc) is 2.13. The van der Waals surface area contributed by atoms with Crippen LogP contribution in [0.4, 0.5) is 0 Å². The number of H-pyrrole nitrogens is 1. The fourth-order valence-electron chi connectivity index (χ4n) is 0.460. The Labute approximate surface area is 64.7 Å². The molecule has 0 radical (unpaired) electrons. The number of alkyl halides is 1. The zero-order valence-corrected chi connectivity index (χ0v) is 6.88. The molecule has 4 nitrogen and oxygen atoms in total. The Balaban J connectivity index is 3.08. The van der Waals surface area contributed by atoms with E-state index in [1.54, 1.807) is 0 Å². The smallest absolute Gasteiger partial charge is 0.267 e. The fourth-order valence-corrected chi connectivity index (χ4v) is 0.857. The maximum Gasteiger partial charge on any atom is 0.304 e. The van der Waals surface area contributed by atoms with Gasteiger partial charge >= 0.3 is 5.56 Å². The predicted molar refractivity (Wildman–Crippen MR) is 39.6 cm³/mol. The van der Waals surface area contributed by atoms with Gasteiger partial charge in [-0.05, 0) is 6.92 Å². The van der Waals surface area contributed by atoms with Gasteiger partial charge in [-0.2, -0.15) is 5.16 Å². The molecule has 1 heterocycles. The number of aromatic amines is 1. The molecule has 0 amide bonds. The summed E-state index contributed by atoms with van der Waals surface area (Å²) in [7, 11) is 0. The highest BCUT2D eigenvalue weighted by Gasteiger charge is 2.08. The number of halogens is 1. The molecule has 0 saturated heterocycles. The van der Waals surface area contributed by atoms with Crippen molar-refractivity contribution < 1.29 is 4.63 Å². The Bertz CT molecular complexity index is 239. The molecular weight excluding hydrogens is 235 g/mol. The number of aromatic nitrogens is 2. The minimum atomic E-state index is -0.239. The second-order valence-corrected chi connectivity index (χ2v) is 3.48. The average molecular weight is 240 g/mol. The van der Waals surface area contributed by atoms with Gasteiger partial charge in [-0.25, -0.2) is 0 Å². The Morgan fingerprint density at radius 2 is 2.56 bits per heavy atom. The molecule has 0 saturated carbocycles. The standard InChI is InChI=1S/C4H5IN2O2/c1-2(5)3-4(8)7-9-6-3/h2H,1H3,(H,7,8). The largest absolute Gasteiger partial charge is 0.304 e. The molecule has 1 aromatic rings. The van der Waals surface area contributed by atoms with E-state index in [-0.39, 0.29) is 9.48 Å². The third-order valence-electron chi connectivity index (χ3n) is 0.892. The van der Waals surface area contributed by atoms with Crippen LogP contribution < -0.4 is 5.56 Å². The van der Waals surface area contributed by atoms with Crippen LogP contribution in [0, 0.1) is 0 Å². The summed E-state index contributed by atoms with van der Waals surface area (Å²) in [6, 6.07) is 0. The van der Waals surface area contributed by atoms with Gasteiger partial charge in [0, 0.05) is 0 Å². The van der Waals surface area contributed by atoms with Crippen molar-refractivity contribution in [3.05, 3.63) is 16.0 Å². The second-order valence-electron chi connectivity index (χ2n) is 1.62. The third-order valence-corrected chi connectivity index (χ3v) is 1.48. The lowest BCUT2D eigenvalue weighted by atomic mass is 10.4. The highest BCUT2D eigenvalue weighted by molar-refractivity contribution is 14.1. The fraction of sp³-hybridized carbons (Fsp3) is 0.500. The number of hydrogen-bond donors (Lipinski definition) is 1. The molecular formula is C4H5IN2O2. The Kier molecular flexibility index (Phi) is 1.89. The molecule has 5 heteroatoms. The first-order chi connectivity index (χ1) is 4.22. The molecule has 50 valence electrons. The van der Waals surface area contributed by atoms with E-state index >= 15 is 0 Å². The summed E-state index contributed by atoms with van der Waals surface area (Å²) in [5.74, 6) is 0. The molecule has 0 spiro atoms. The van der Waals surface area contributed by atoms with Gasteiger partial charge in [0.2, 0.25) is 0 Å². The summed E-state index contributed by atoms with van der Waals surface area (Å²) >= 11 is 2.09. The molecule has 1 unspecified atom stereocenters. The highest BCUT2D eigenvalue weighted by atomic mass is 127. The first-order valence-corrected chi connectivity index (χ1v) is 3.64. The van der Waals surface area contributed by atoms with E-state index in [1.807, 2.05) is 6.92 Å². The molecule has 1 rings (SSSR count). The van der Waals surface area contributed by atoms with Gasteiger partial charge in [-0.15, -0.1) is 0 Å². The molecule has 0 aliphatic rings. The molecule has 0 aliphatic heterocycles. The van der Waals surface area contributed by atoms with Crippen molar-refractivity contribution in [1.29, 1.82) is 0 Å². The summed E-state index contributed by atoms with van der Waals surface area (Å²) in [4.78, 5) is 10.6. The normalized spacial score (nSPS) is 13.6. The molecule has 1 aromatic heterocycles. The van der Waals surface area contributed by atoms with E-state index in [2.05, 4.69) is 37.5 Å².